The van der Waals surface area contributed by atoms with Crippen LogP contribution in [0.5, 0.6) is 0 Å². The molecule has 9 N–H and O–H groups in total. The van der Waals surface area contributed by atoms with Gasteiger partial charge in [-0.25, -0.2) is 4.98 Å². The van der Waals surface area contributed by atoms with Crippen LogP contribution in [0.15, 0.2) is 6.20 Å². The van der Waals surface area contributed by atoms with Gasteiger partial charge in [-0.15, -0.1) is 0 Å². The van der Waals surface area contributed by atoms with Crippen molar-refractivity contribution >= 4 is 23.7 Å². The lowest BCUT2D eigenvalue weighted by Gasteiger charge is -2.07. The number of hydrogen-bond acceptors (Lipinski definition) is 7. The van der Waals surface area contributed by atoms with Gasteiger partial charge in [-0.05, 0) is 32.1 Å². The summed E-state index contributed by atoms with van der Waals surface area (Å²) in [6.45, 7) is 1.25. The van der Waals surface area contributed by atoms with E-state index in [-0.39, 0.29) is 0 Å². The molecule has 0 radical (unpaired) electrons. The highest BCUT2D eigenvalue weighted by Gasteiger charge is 2.11. The number of aromatic amines is 1. The molecule has 2 unspecified atom stereocenters. The zero-order chi connectivity index (χ0) is 17.9. The van der Waals surface area contributed by atoms with Crippen LogP contribution in [0.2, 0.25) is 0 Å². The molecule has 136 valence electrons. The summed E-state index contributed by atoms with van der Waals surface area (Å²) in [6, 6.07) is -1.64. The highest BCUT2D eigenvalue weighted by atomic mass is 16.4. The van der Waals surface area contributed by atoms with Gasteiger partial charge in [0, 0.05) is 13.1 Å². The summed E-state index contributed by atoms with van der Waals surface area (Å²) < 4.78 is 0. The second-order valence-electron chi connectivity index (χ2n) is 5.53. The maximum atomic E-state index is 10.6. The molecule has 0 amide bonds. The van der Waals surface area contributed by atoms with E-state index in [1.54, 1.807) is 6.20 Å². The standard InChI is InChI=1S/C14H26N6O4/c15-9(12(21)22)4-1-2-6-17-11-8-19-14(20-11)18-7-3-5-10(16)13(23)24/h8-10,17H,1-7,15-16H2,(H,21,22)(H,23,24)(H2,18,19,20). The van der Waals surface area contributed by atoms with E-state index >= 15 is 0 Å². The van der Waals surface area contributed by atoms with E-state index in [2.05, 4.69) is 20.6 Å². The number of unbranched alkanes of at least 4 members (excludes halogenated alkanes) is 1. The van der Waals surface area contributed by atoms with E-state index in [0.29, 0.717) is 38.3 Å². The number of aliphatic carboxylic acids is 2. The van der Waals surface area contributed by atoms with Crippen molar-refractivity contribution in [3.8, 4) is 0 Å². The molecule has 0 saturated carbocycles. The fraction of sp³-hybridized carbons (Fsp3) is 0.643. The molecule has 1 aromatic heterocycles. The number of carboxylic acids is 2. The first-order valence-corrected chi connectivity index (χ1v) is 7.89. The Hall–Kier alpha value is -2.33. The predicted octanol–water partition coefficient (Wildman–Crippen LogP) is 0.00780. The van der Waals surface area contributed by atoms with Crippen molar-refractivity contribution in [3.63, 3.8) is 0 Å². The number of nitrogens with one attached hydrogen (secondary N) is 3. The maximum absolute atomic E-state index is 10.6. The van der Waals surface area contributed by atoms with Gasteiger partial charge in [0.15, 0.2) is 0 Å². The van der Waals surface area contributed by atoms with Gasteiger partial charge in [0.1, 0.15) is 17.9 Å². The average molecular weight is 342 g/mol. The molecule has 2 atom stereocenters. The van der Waals surface area contributed by atoms with Crippen molar-refractivity contribution in [2.45, 2.75) is 44.2 Å². The number of aromatic nitrogens is 2. The van der Waals surface area contributed by atoms with Crippen molar-refractivity contribution in [2.24, 2.45) is 11.5 Å². The Labute approximate surface area is 140 Å². The van der Waals surface area contributed by atoms with Crippen LogP contribution in [-0.4, -0.2) is 57.3 Å². The summed E-state index contributed by atoms with van der Waals surface area (Å²) in [4.78, 5) is 28.3. The Balaban J connectivity index is 2.13. The number of nitrogens with two attached hydrogens (primary N) is 2. The lowest BCUT2D eigenvalue weighted by atomic mass is 10.1. The minimum atomic E-state index is -0.996. The summed E-state index contributed by atoms with van der Waals surface area (Å²) in [5, 5.41) is 23.5. The summed E-state index contributed by atoms with van der Waals surface area (Å²) in [5.41, 5.74) is 10.8. The molecule has 10 heteroatoms. The third-order valence-corrected chi connectivity index (χ3v) is 3.45. The number of hydrogen-bond donors (Lipinski definition) is 7. The van der Waals surface area contributed by atoms with Crippen molar-refractivity contribution < 1.29 is 19.8 Å². The molecule has 0 bridgehead atoms. The number of rotatable bonds is 13. The normalized spacial score (nSPS) is 13.2. The van der Waals surface area contributed by atoms with Gasteiger partial charge < -0.3 is 37.3 Å². The smallest absolute Gasteiger partial charge is 0.320 e. The molecule has 0 saturated heterocycles. The van der Waals surface area contributed by atoms with E-state index in [1.807, 2.05) is 0 Å². The Morgan fingerprint density at radius 3 is 2.25 bits per heavy atom. The second kappa shape index (κ2) is 10.4. The van der Waals surface area contributed by atoms with Gasteiger partial charge in [0.05, 0.1) is 6.20 Å². The SMILES string of the molecule is NC(CCCCNc1cnc(NCCCC(N)C(=O)O)[nH]1)C(=O)O. The lowest BCUT2D eigenvalue weighted by Crippen LogP contribution is -2.30. The van der Waals surface area contributed by atoms with Crippen LogP contribution in [0.3, 0.4) is 0 Å². The number of carbonyl (C=O) groups is 2. The fourth-order valence-corrected chi connectivity index (χ4v) is 1.99. The largest absolute Gasteiger partial charge is 0.480 e. The summed E-state index contributed by atoms with van der Waals surface area (Å²) in [6.07, 6.45) is 4.65. The first kappa shape index (κ1) is 19.7. The molecule has 0 spiro atoms. The number of carboxylic acid groups (broad SMARTS) is 2. The predicted molar refractivity (Wildman–Crippen MR) is 89.9 cm³/mol. The number of imidazole rings is 1. The fourth-order valence-electron chi connectivity index (χ4n) is 1.99. The van der Waals surface area contributed by atoms with Crippen LogP contribution in [0.1, 0.15) is 32.1 Å². The van der Waals surface area contributed by atoms with Crippen molar-refractivity contribution in [3.05, 3.63) is 6.20 Å². The summed E-state index contributed by atoms with van der Waals surface area (Å²) in [7, 11) is 0. The Morgan fingerprint density at radius 2 is 1.62 bits per heavy atom. The lowest BCUT2D eigenvalue weighted by molar-refractivity contribution is -0.139. The van der Waals surface area contributed by atoms with E-state index in [1.165, 1.54) is 0 Å². The molecule has 0 aliphatic carbocycles. The van der Waals surface area contributed by atoms with Crippen LogP contribution in [0.25, 0.3) is 0 Å². The van der Waals surface area contributed by atoms with E-state index in [9.17, 15) is 9.59 Å². The Bertz CT molecular complexity index is 521. The molecule has 10 nitrogen and oxygen atoms in total. The van der Waals surface area contributed by atoms with Gasteiger partial charge in [-0.2, -0.15) is 0 Å². The van der Waals surface area contributed by atoms with Crippen molar-refractivity contribution in [2.75, 3.05) is 23.7 Å². The molecule has 1 aromatic rings. The van der Waals surface area contributed by atoms with Crippen LogP contribution >= 0.6 is 0 Å². The van der Waals surface area contributed by atoms with Gasteiger partial charge in [-0.1, -0.05) is 0 Å². The molecule has 0 aromatic carbocycles. The highest BCUT2D eigenvalue weighted by Crippen LogP contribution is 2.08. The van der Waals surface area contributed by atoms with Gasteiger partial charge in [0.25, 0.3) is 0 Å². The van der Waals surface area contributed by atoms with Crippen LogP contribution in [-0.2, 0) is 9.59 Å². The molecule has 0 aliphatic rings. The van der Waals surface area contributed by atoms with Gasteiger partial charge in [0.2, 0.25) is 5.95 Å². The molecule has 24 heavy (non-hydrogen) atoms. The molecule has 0 aliphatic heterocycles. The number of H-pyrrole nitrogens is 1. The first-order chi connectivity index (χ1) is 11.4. The van der Waals surface area contributed by atoms with E-state index in [4.69, 9.17) is 21.7 Å². The Kier molecular flexibility index (Phi) is 8.58. The third-order valence-electron chi connectivity index (χ3n) is 3.45. The van der Waals surface area contributed by atoms with Crippen molar-refractivity contribution in [1.29, 1.82) is 0 Å². The van der Waals surface area contributed by atoms with Crippen LogP contribution in [0.4, 0.5) is 11.8 Å². The number of anilines is 2. The van der Waals surface area contributed by atoms with Crippen molar-refractivity contribution in [1.82, 2.24) is 9.97 Å². The Morgan fingerprint density at radius 1 is 1.04 bits per heavy atom. The molecule has 1 rings (SSSR count). The third kappa shape index (κ3) is 7.79. The summed E-state index contributed by atoms with van der Waals surface area (Å²) in [5.74, 6) is -0.628. The maximum Gasteiger partial charge on any atom is 0.320 e. The quantitative estimate of drug-likeness (QED) is 0.243. The summed E-state index contributed by atoms with van der Waals surface area (Å²) >= 11 is 0. The van der Waals surface area contributed by atoms with Gasteiger partial charge >= 0.3 is 11.9 Å². The van der Waals surface area contributed by atoms with Crippen LogP contribution in [0, 0.1) is 0 Å². The minimum Gasteiger partial charge on any atom is -0.480 e. The minimum absolute atomic E-state index is 0.395. The number of nitrogens with zero attached hydrogens (tertiary/aromatic N) is 1. The molecule has 1 heterocycles. The first-order valence-electron chi connectivity index (χ1n) is 7.89. The molecular formula is C14H26N6O4. The topological polar surface area (TPSA) is 179 Å². The molecule has 0 fully saturated rings. The second-order valence-corrected chi connectivity index (χ2v) is 5.53. The zero-order valence-electron chi connectivity index (χ0n) is 13.5. The van der Waals surface area contributed by atoms with Crippen LogP contribution < -0.4 is 22.1 Å². The highest BCUT2D eigenvalue weighted by molar-refractivity contribution is 5.73. The van der Waals surface area contributed by atoms with E-state index in [0.717, 1.165) is 18.7 Å². The van der Waals surface area contributed by atoms with Gasteiger partial charge in [-0.3, -0.25) is 9.59 Å². The van der Waals surface area contributed by atoms with E-state index < -0.39 is 24.0 Å². The molecular weight excluding hydrogens is 316 g/mol. The average Bonchev–Trinajstić information content (AvgIpc) is 2.98. The monoisotopic (exact) mass is 342 g/mol. The zero-order valence-corrected chi connectivity index (χ0v) is 13.5.